The first-order valence-electron chi connectivity index (χ1n) is 4.96. The summed E-state index contributed by atoms with van der Waals surface area (Å²) in [6, 6.07) is 0. The monoisotopic (exact) mass is 192 g/mol. The molecule has 1 aliphatic rings. The van der Waals surface area contributed by atoms with Crippen molar-refractivity contribution in [3.63, 3.8) is 0 Å². The lowest BCUT2D eigenvalue weighted by Gasteiger charge is -2.05. The maximum Gasteiger partial charge on any atom is 0.308 e. The lowest BCUT2D eigenvalue weighted by atomic mass is 10.00. The van der Waals surface area contributed by atoms with Crippen molar-refractivity contribution < 1.29 is 9.53 Å². The molecule has 1 saturated carbocycles. The van der Waals surface area contributed by atoms with Crippen LogP contribution in [0.25, 0.3) is 0 Å². The van der Waals surface area contributed by atoms with Crippen LogP contribution in [0.4, 0.5) is 0 Å². The van der Waals surface area contributed by atoms with Crippen molar-refractivity contribution in [1.29, 1.82) is 0 Å². The van der Waals surface area contributed by atoms with Crippen LogP contribution in [0.15, 0.2) is 30.2 Å². The van der Waals surface area contributed by atoms with E-state index in [2.05, 4.69) is 12.3 Å². The van der Waals surface area contributed by atoms with Gasteiger partial charge in [0.05, 0.1) is 0 Å². The zero-order valence-corrected chi connectivity index (χ0v) is 8.58. The van der Waals surface area contributed by atoms with Crippen LogP contribution in [-0.2, 0) is 9.53 Å². The van der Waals surface area contributed by atoms with E-state index in [0.29, 0.717) is 5.92 Å². The molecule has 0 aromatic carbocycles. The quantitative estimate of drug-likeness (QED) is 0.297. The third-order valence-corrected chi connectivity index (χ3v) is 2.41. The predicted molar refractivity (Wildman–Crippen MR) is 55.5 cm³/mol. The summed E-state index contributed by atoms with van der Waals surface area (Å²) in [7, 11) is 0. The Hall–Kier alpha value is -1.27. The van der Waals surface area contributed by atoms with Crippen molar-refractivity contribution in [2.24, 2.45) is 5.92 Å². The summed E-state index contributed by atoms with van der Waals surface area (Å²) < 4.78 is 4.71. The molecule has 0 spiro atoms. The highest BCUT2D eigenvalue weighted by atomic mass is 16.5. The molecule has 1 aliphatic carbocycles. The van der Waals surface area contributed by atoms with Crippen LogP contribution in [0.5, 0.6) is 0 Å². The molecular formula is C12H16O2. The van der Waals surface area contributed by atoms with Gasteiger partial charge in [-0.25, -0.2) is 0 Å². The zero-order valence-electron chi connectivity index (χ0n) is 8.58. The molecule has 1 unspecified atom stereocenters. The van der Waals surface area contributed by atoms with Gasteiger partial charge in [0.1, 0.15) is 6.26 Å². The zero-order chi connectivity index (χ0) is 10.4. The van der Waals surface area contributed by atoms with Crippen molar-refractivity contribution >= 4 is 5.97 Å². The molecular weight excluding hydrogens is 176 g/mol. The van der Waals surface area contributed by atoms with Gasteiger partial charge in [0.15, 0.2) is 0 Å². The Morgan fingerprint density at radius 1 is 1.79 bits per heavy atom. The lowest BCUT2D eigenvalue weighted by molar-refractivity contribution is -0.135. The van der Waals surface area contributed by atoms with Crippen LogP contribution < -0.4 is 0 Å². The van der Waals surface area contributed by atoms with Gasteiger partial charge in [0.25, 0.3) is 0 Å². The minimum atomic E-state index is -0.295. The summed E-state index contributed by atoms with van der Waals surface area (Å²) in [4.78, 5) is 10.5. The predicted octanol–water partition coefficient (Wildman–Crippen LogP) is 2.96. The molecule has 0 aliphatic heterocycles. The third kappa shape index (κ3) is 3.23. The SMILES string of the molecule is C=CCC1CCCC1=C=COC(C)=O. The van der Waals surface area contributed by atoms with Crippen molar-refractivity contribution in [2.75, 3.05) is 0 Å². The smallest absolute Gasteiger partial charge is 0.308 e. The van der Waals surface area contributed by atoms with E-state index in [-0.39, 0.29) is 5.97 Å². The third-order valence-electron chi connectivity index (χ3n) is 2.41. The van der Waals surface area contributed by atoms with Crippen molar-refractivity contribution in [2.45, 2.75) is 32.6 Å². The molecule has 2 heteroatoms. The first kappa shape index (κ1) is 10.8. The molecule has 0 amide bonds. The Kier molecular flexibility index (Phi) is 4.21. The van der Waals surface area contributed by atoms with E-state index in [9.17, 15) is 4.79 Å². The van der Waals surface area contributed by atoms with Gasteiger partial charge in [-0.15, -0.1) is 6.58 Å². The minimum absolute atomic E-state index is 0.295. The fourth-order valence-electron chi connectivity index (χ4n) is 1.76. The Balaban J connectivity index is 2.60. The number of allylic oxidation sites excluding steroid dienone is 2. The molecule has 14 heavy (non-hydrogen) atoms. The van der Waals surface area contributed by atoms with E-state index in [0.717, 1.165) is 12.8 Å². The van der Waals surface area contributed by atoms with Gasteiger partial charge in [-0.2, -0.15) is 0 Å². The van der Waals surface area contributed by atoms with E-state index in [4.69, 9.17) is 4.74 Å². The Labute approximate surface area is 85.0 Å². The van der Waals surface area contributed by atoms with Crippen LogP contribution in [0, 0.1) is 5.92 Å². The molecule has 0 heterocycles. The summed E-state index contributed by atoms with van der Waals surface area (Å²) in [5.74, 6) is 0.260. The molecule has 76 valence electrons. The van der Waals surface area contributed by atoms with E-state index in [1.807, 2.05) is 6.08 Å². The second-order valence-corrected chi connectivity index (χ2v) is 3.51. The van der Waals surface area contributed by atoms with Gasteiger partial charge in [-0.3, -0.25) is 4.79 Å². The maximum absolute atomic E-state index is 10.5. The van der Waals surface area contributed by atoms with Gasteiger partial charge in [-0.1, -0.05) is 11.8 Å². The van der Waals surface area contributed by atoms with E-state index in [1.54, 1.807) is 0 Å². The Morgan fingerprint density at radius 2 is 2.57 bits per heavy atom. The van der Waals surface area contributed by atoms with Gasteiger partial charge in [0.2, 0.25) is 0 Å². The van der Waals surface area contributed by atoms with Crippen molar-refractivity contribution in [3.8, 4) is 0 Å². The minimum Gasteiger partial charge on any atom is -0.426 e. The number of rotatable bonds is 3. The van der Waals surface area contributed by atoms with Gasteiger partial charge >= 0.3 is 5.97 Å². The van der Waals surface area contributed by atoms with Crippen LogP contribution in [0.3, 0.4) is 0 Å². The topological polar surface area (TPSA) is 26.3 Å². The Morgan fingerprint density at radius 3 is 3.21 bits per heavy atom. The molecule has 1 fully saturated rings. The normalized spacial score (nSPS) is 20.1. The first-order chi connectivity index (χ1) is 6.74. The highest BCUT2D eigenvalue weighted by Gasteiger charge is 2.18. The number of carbonyl (C=O) groups is 1. The first-order valence-corrected chi connectivity index (χ1v) is 4.96. The van der Waals surface area contributed by atoms with Crippen LogP contribution in [-0.4, -0.2) is 5.97 Å². The summed E-state index contributed by atoms with van der Waals surface area (Å²) >= 11 is 0. The Bertz CT molecular complexity index is 283. The summed E-state index contributed by atoms with van der Waals surface area (Å²) in [6.07, 6.45) is 7.77. The van der Waals surface area contributed by atoms with E-state index >= 15 is 0 Å². The molecule has 2 nitrogen and oxygen atoms in total. The molecule has 0 bridgehead atoms. The summed E-state index contributed by atoms with van der Waals surface area (Å²) in [6.45, 7) is 5.12. The van der Waals surface area contributed by atoms with Gasteiger partial charge < -0.3 is 4.74 Å². The molecule has 0 aromatic rings. The molecule has 1 atom stereocenters. The number of hydrogen-bond acceptors (Lipinski definition) is 2. The average Bonchev–Trinajstić information content (AvgIpc) is 2.53. The molecule has 1 rings (SSSR count). The number of hydrogen-bond donors (Lipinski definition) is 0. The number of ether oxygens (including phenoxy) is 1. The highest BCUT2D eigenvalue weighted by molar-refractivity contribution is 5.66. The molecule has 0 aromatic heterocycles. The standard InChI is InChI=1S/C12H16O2/c1-3-5-11-6-4-7-12(11)8-9-14-10(2)13/h3,9,11H,1,4-7H2,2H3. The number of carbonyl (C=O) groups excluding carboxylic acids is 1. The highest BCUT2D eigenvalue weighted by Crippen LogP contribution is 2.32. The van der Waals surface area contributed by atoms with Gasteiger partial charge in [-0.05, 0) is 37.2 Å². The molecule has 0 N–H and O–H groups in total. The molecule has 0 radical (unpaired) electrons. The number of esters is 1. The van der Waals surface area contributed by atoms with Crippen LogP contribution in [0.1, 0.15) is 32.6 Å². The fourth-order valence-corrected chi connectivity index (χ4v) is 1.76. The van der Waals surface area contributed by atoms with Crippen molar-refractivity contribution in [3.05, 3.63) is 30.2 Å². The maximum atomic E-state index is 10.5. The van der Waals surface area contributed by atoms with E-state index < -0.39 is 0 Å². The average molecular weight is 192 g/mol. The van der Waals surface area contributed by atoms with Gasteiger partial charge in [0, 0.05) is 6.92 Å². The van der Waals surface area contributed by atoms with Crippen LogP contribution >= 0.6 is 0 Å². The molecule has 0 saturated heterocycles. The lowest BCUT2D eigenvalue weighted by Crippen LogP contribution is -1.93. The summed E-state index contributed by atoms with van der Waals surface area (Å²) in [5.41, 5.74) is 4.30. The largest absolute Gasteiger partial charge is 0.426 e. The van der Waals surface area contributed by atoms with E-state index in [1.165, 1.54) is 31.6 Å². The second-order valence-electron chi connectivity index (χ2n) is 3.51. The fraction of sp³-hybridized carbons (Fsp3) is 0.500. The van der Waals surface area contributed by atoms with Crippen LogP contribution in [0.2, 0.25) is 0 Å². The summed E-state index contributed by atoms with van der Waals surface area (Å²) in [5, 5.41) is 0. The van der Waals surface area contributed by atoms with Crippen molar-refractivity contribution in [1.82, 2.24) is 0 Å². The second kappa shape index (κ2) is 5.46.